The number of nitrogens with one attached hydrogen (secondary N) is 1. The summed E-state index contributed by atoms with van der Waals surface area (Å²) in [5, 5.41) is 29.2. The van der Waals surface area contributed by atoms with Crippen LogP contribution < -0.4 is 10.2 Å². The van der Waals surface area contributed by atoms with Crippen molar-refractivity contribution >= 4 is 26.7 Å². The lowest BCUT2D eigenvalue weighted by molar-refractivity contribution is 0.403. The molecule has 0 unspecified atom stereocenters. The number of rotatable bonds is 4. The Bertz CT molecular complexity index is 1550. The highest BCUT2D eigenvalue weighted by molar-refractivity contribution is 7.92. The molecule has 32 heavy (non-hydrogen) atoms. The van der Waals surface area contributed by atoms with Crippen molar-refractivity contribution in [2.24, 2.45) is 0 Å². The Labute approximate surface area is 178 Å². The van der Waals surface area contributed by atoms with Gasteiger partial charge in [-0.3, -0.25) is 9.52 Å². The second kappa shape index (κ2) is 7.54. The summed E-state index contributed by atoms with van der Waals surface area (Å²) in [6, 6.07) is 9.23. The number of hydrogen-bond acceptors (Lipinski definition) is 7. The fourth-order valence-electron chi connectivity index (χ4n) is 2.97. The van der Waals surface area contributed by atoms with Crippen LogP contribution in [0.25, 0.3) is 22.3 Å². The van der Waals surface area contributed by atoms with E-state index < -0.39 is 49.2 Å². The van der Waals surface area contributed by atoms with Crippen LogP contribution in [0.3, 0.4) is 0 Å². The van der Waals surface area contributed by atoms with Gasteiger partial charge in [0.1, 0.15) is 5.58 Å². The van der Waals surface area contributed by atoms with Crippen LogP contribution in [-0.4, -0.2) is 23.7 Å². The third-order valence-corrected chi connectivity index (χ3v) is 5.94. The Morgan fingerprint density at radius 3 is 2.28 bits per heavy atom. The lowest BCUT2D eigenvalue weighted by Crippen LogP contribution is -2.14. The monoisotopic (exact) mass is 461 g/mol. The number of sulfonamides is 1. The third-order valence-electron chi connectivity index (χ3n) is 4.56. The van der Waals surface area contributed by atoms with Crippen molar-refractivity contribution in [3.05, 3.63) is 76.5 Å². The maximum absolute atomic E-state index is 13.4. The van der Waals surface area contributed by atoms with Crippen LogP contribution in [0.15, 0.2) is 68.7 Å². The Balaban J connectivity index is 1.76. The minimum absolute atomic E-state index is 0.00820. The average Bonchev–Trinajstić information content (AvgIpc) is 2.74. The van der Waals surface area contributed by atoms with Crippen molar-refractivity contribution in [3.63, 3.8) is 0 Å². The number of anilines is 1. The molecule has 0 bridgehead atoms. The summed E-state index contributed by atoms with van der Waals surface area (Å²) in [6.45, 7) is 0. The van der Waals surface area contributed by atoms with Gasteiger partial charge in [0.2, 0.25) is 11.2 Å². The highest BCUT2D eigenvalue weighted by Gasteiger charge is 2.20. The van der Waals surface area contributed by atoms with E-state index in [1.165, 1.54) is 18.2 Å². The summed E-state index contributed by atoms with van der Waals surface area (Å²) < 4.78 is 59.1. The summed E-state index contributed by atoms with van der Waals surface area (Å²) in [7, 11) is -4.31. The van der Waals surface area contributed by atoms with Gasteiger partial charge in [-0.25, -0.2) is 17.2 Å². The highest BCUT2D eigenvalue weighted by atomic mass is 32.2. The second-order valence-corrected chi connectivity index (χ2v) is 8.39. The molecule has 1 heterocycles. The maximum atomic E-state index is 13.4. The van der Waals surface area contributed by atoms with Crippen LogP contribution in [0.4, 0.5) is 14.5 Å². The van der Waals surface area contributed by atoms with Crippen molar-refractivity contribution < 1.29 is 36.9 Å². The summed E-state index contributed by atoms with van der Waals surface area (Å²) in [5.41, 5.74) is -0.877. The first-order valence-electron chi connectivity index (χ1n) is 8.87. The summed E-state index contributed by atoms with van der Waals surface area (Å²) >= 11 is 0. The van der Waals surface area contributed by atoms with E-state index in [1.54, 1.807) is 0 Å². The van der Waals surface area contributed by atoms with Crippen molar-refractivity contribution in [2.45, 2.75) is 4.90 Å². The van der Waals surface area contributed by atoms with E-state index in [2.05, 4.69) is 4.72 Å². The molecule has 0 atom stereocenters. The van der Waals surface area contributed by atoms with E-state index >= 15 is 0 Å². The SMILES string of the molecule is O=c1c(O)c(-c2ccc(O)c(O)c2)oc2ccc(NS(=O)(=O)c3ccc(F)c(F)c3)cc12. The Morgan fingerprint density at radius 2 is 1.59 bits per heavy atom. The van der Waals surface area contributed by atoms with E-state index in [1.807, 2.05) is 0 Å². The number of aromatic hydroxyl groups is 3. The van der Waals surface area contributed by atoms with Gasteiger partial charge in [0.15, 0.2) is 28.9 Å². The van der Waals surface area contributed by atoms with Crippen LogP contribution in [0.1, 0.15) is 0 Å². The molecule has 4 rings (SSSR count). The maximum Gasteiger partial charge on any atom is 0.261 e. The molecule has 0 spiro atoms. The molecule has 0 radical (unpaired) electrons. The van der Waals surface area contributed by atoms with Gasteiger partial charge < -0.3 is 19.7 Å². The van der Waals surface area contributed by atoms with Gasteiger partial charge in [-0.1, -0.05) is 0 Å². The Morgan fingerprint density at radius 1 is 0.844 bits per heavy atom. The summed E-state index contributed by atoms with van der Waals surface area (Å²) in [5.74, 6) is -4.53. The molecule has 8 nitrogen and oxygen atoms in total. The first-order chi connectivity index (χ1) is 15.1. The predicted octanol–water partition coefficient (Wildman–Crippen LogP) is 3.66. The van der Waals surface area contributed by atoms with E-state index in [0.29, 0.717) is 12.1 Å². The molecule has 4 aromatic rings. The zero-order valence-corrected chi connectivity index (χ0v) is 16.7. The lowest BCUT2D eigenvalue weighted by atomic mass is 10.1. The van der Waals surface area contributed by atoms with E-state index in [-0.39, 0.29) is 28.0 Å². The van der Waals surface area contributed by atoms with Crippen molar-refractivity contribution in [2.75, 3.05) is 4.72 Å². The van der Waals surface area contributed by atoms with Crippen LogP contribution in [0.5, 0.6) is 17.2 Å². The molecule has 11 heteroatoms. The van der Waals surface area contributed by atoms with Gasteiger partial charge in [0, 0.05) is 11.3 Å². The molecule has 0 aliphatic rings. The molecule has 0 amide bonds. The van der Waals surface area contributed by atoms with Gasteiger partial charge in [-0.15, -0.1) is 0 Å². The first kappa shape index (κ1) is 21.1. The van der Waals surface area contributed by atoms with E-state index in [4.69, 9.17) is 4.42 Å². The standard InChI is InChI=1S/C21H13F2NO7S/c22-14-4-3-12(9-15(14)23)32(29,30)24-11-2-6-18-13(8-11)19(27)20(28)21(31-18)10-1-5-16(25)17(26)7-10/h1-9,24-26,28H. The third kappa shape index (κ3) is 3.69. The zero-order valence-electron chi connectivity index (χ0n) is 15.8. The van der Waals surface area contributed by atoms with Crippen LogP contribution >= 0.6 is 0 Å². The molecule has 1 aromatic heterocycles. The van der Waals surface area contributed by atoms with Crippen LogP contribution in [0, 0.1) is 11.6 Å². The molecule has 0 fully saturated rings. The molecular weight excluding hydrogens is 448 g/mol. The molecule has 0 aliphatic heterocycles. The number of hydrogen-bond donors (Lipinski definition) is 4. The minimum Gasteiger partial charge on any atom is -0.504 e. The minimum atomic E-state index is -4.31. The van der Waals surface area contributed by atoms with Crippen LogP contribution in [0.2, 0.25) is 0 Å². The number of phenols is 2. The lowest BCUT2D eigenvalue weighted by Gasteiger charge is -2.10. The first-order valence-corrected chi connectivity index (χ1v) is 10.4. The molecule has 4 N–H and O–H groups in total. The smallest absolute Gasteiger partial charge is 0.261 e. The molecule has 164 valence electrons. The van der Waals surface area contributed by atoms with Gasteiger partial charge in [0.25, 0.3) is 10.0 Å². The van der Waals surface area contributed by atoms with Gasteiger partial charge in [-0.2, -0.15) is 0 Å². The number of fused-ring (bicyclic) bond motifs is 1. The zero-order chi connectivity index (χ0) is 23.2. The molecule has 0 saturated heterocycles. The quantitative estimate of drug-likeness (QED) is 0.341. The average molecular weight is 461 g/mol. The van der Waals surface area contributed by atoms with Crippen molar-refractivity contribution in [3.8, 4) is 28.6 Å². The molecule has 0 aliphatic carbocycles. The largest absolute Gasteiger partial charge is 0.504 e. The normalized spacial score (nSPS) is 11.6. The van der Waals surface area contributed by atoms with Gasteiger partial charge >= 0.3 is 0 Å². The number of benzene rings is 3. The van der Waals surface area contributed by atoms with Crippen LogP contribution in [-0.2, 0) is 10.0 Å². The highest BCUT2D eigenvalue weighted by Crippen LogP contribution is 2.35. The molecule has 3 aromatic carbocycles. The van der Waals surface area contributed by atoms with Gasteiger partial charge in [0.05, 0.1) is 10.3 Å². The van der Waals surface area contributed by atoms with Crippen molar-refractivity contribution in [1.29, 1.82) is 0 Å². The fourth-order valence-corrected chi connectivity index (χ4v) is 4.03. The predicted molar refractivity (Wildman–Crippen MR) is 110 cm³/mol. The topological polar surface area (TPSA) is 137 Å². The Hall–Kier alpha value is -4.12. The summed E-state index contributed by atoms with van der Waals surface area (Å²) in [6.07, 6.45) is 0. The van der Waals surface area contributed by atoms with Gasteiger partial charge in [-0.05, 0) is 54.6 Å². The molecular formula is C21H13F2NO7S. The second-order valence-electron chi connectivity index (χ2n) is 6.70. The number of halogens is 2. The molecule has 0 saturated carbocycles. The summed E-state index contributed by atoms with van der Waals surface area (Å²) in [4.78, 5) is 12.1. The van der Waals surface area contributed by atoms with E-state index in [9.17, 15) is 37.3 Å². The fraction of sp³-hybridized carbons (Fsp3) is 0. The number of phenolic OH excluding ortho intramolecular Hbond substituents is 2. The van der Waals surface area contributed by atoms with E-state index in [0.717, 1.165) is 24.3 Å². The van der Waals surface area contributed by atoms with Crippen molar-refractivity contribution in [1.82, 2.24) is 0 Å². The Kier molecular flexibility index (Phi) is 4.97.